The molecule has 2 rings (SSSR count). The SMILES string of the molecule is CC1OCCC1(O)CN=C(N)NCC1CCCO1. The van der Waals surface area contributed by atoms with Crippen molar-refractivity contribution in [1.29, 1.82) is 0 Å². The molecule has 18 heavy (non-hydrogen) atoms. The zero-order valence-electron chi connectivity index (χ0n) is 10.9. The minimum absolute atomic E-state index is 0.188. The minimum atomic E-state index is -0.879. The zero-order chi connectivity index (χ0) is 13.0. The molecular formula is C12H23N3O3. The summed E-state index contributed by atoms with van der Waals surface area (Å²) in [5.74, 6) is 0.359. The number of ether oxygens (including phenoxy) is 2. The first-order valence-corrected chi connectivity index (χ1v) is 6.59. The predicted molar refractivity (Wildman–Crippen MR) is 68.4 cm³/mol. The summed E-state index contributed by atoms with van der Waals surface area (Å²) in [5.41, 5.74) is 4.89. The standard InChI is InChI=1S/C12H23N3O3/c1-9-12(16,4-6-17-9)8-15-11(13)14-7-10-3-2-5-18-10/h9-10,16H,2-8H2,1H3,(H3,13,14,15). The maximum absolute atomic E-state index is 10.2. The van der Waals surface area contributed by atoms with Crippen LogP contribution in [-0.2, 0) is 9.47 Å². The van der Waals surface area contributed by atoms with Gasteiger partial charge in [0.15, 0.2) is 5.96 Å². The Hall–Kier alpha value is -0.850. The lowest BCUT2D eigenvalue weighted by molar-refractivity contribution is -0.0201. The van der Waals surface area contributed by atoms with Crippen molar-refractivity contribution in [3.05, 3.63) is 0 Å². The van der Waals surface area contributed by atoms with Crippen molar-refractivity contribution in [2.75, 3.05) is 26.3 Å². The van der Waals surface area contributed by atoms with E-state index in [1.807, 2.05) is 6.92 Å². The first-order chi connectivity index (χ1) is 8.60. The number of aliphatic hydroxyl groups is 1. The van der Waals surface area contributed by atoms with Gasteiger partial charge in [0.25, 0.3) is 0 Å². The van der Waals surface area contributed by atoms with Crippen molar-refractivity contribution in [3.63, 3.8) is 0 Å². The van der Waals surface area contributed by atoms with Gasteiger partial charge >= 0.3 is 0 Å². The number of aliphatic imine (C=N–C) groups is 1. The highest BCUT2D eigenvalue weighted by atomic mass is 16.5. The van der Waals surface area contributed by atoms with E-state index < -0.39 is 5.60 Å². The van der Waals surface area contributed by atoms with E-state index in [-0.39, 0.29) is 18.8 Å². The lowest BCUT2D eigenvalue weighted by atomic mass is 9.97. The Morgan fingerprint density at radius 1 is 1.50 bits per heavy atom. The van der Waals surface area contributed by atoms with E-state index in [2.05, 4.69) is 10.3 Å². The van der Waals surface area contributed by atoms with E-state index in [1.165, 1.54) is 0 Å². The van der Waals surface area contributed by atoms with Crippen LogP contribution in [0, 0.1) is 0 Å². The molecule has 4 N–H and O–H groups in total. The molecule has 3 atom stereocenters. The van der Waals surface area contributed by atoms with E-state index in [9.17, 15) is 5.11 Å². The predicted octanol–water partition coefficient (Wildman–Crippen LogP) is -0.390. The van der Waals surface area contributed by atoms with Crippen LogP contribution in [0.3, 0.4) is 0 Å². The molecule has 2 aliphatic rings. The molecule has 0 amide bonds. The van der Waals surface area contributed by atoms with Crippen LogP contribution in [-0.4, -0.2) is 55.2 Å². The molecule has 2 saturated heterocycles. The van der Waals surface area contributed by atoms with Gasteiger partial charge in [0.05, 0.1) is 18.8 Å². The first-order valence-electron chi connectivity index (χ1n) is 6.59. The quantitative estimate of drug-likeness (QED) is 0.471. The van der Waals surface area contributed by atoms with E-state index >= 15 is 0 Å². The van der Waals surface area contributed by atoms with Crippen LogP contribution in [0.15, 0.2) is 4.99 Å². The number of nitrogens with two attached hydrogens (primary N) is 1. The molecule has 104 valence electrons. The lowest BCUT2D eigenvalue weighted by Crippen LogP contribution is -2.42. The summed E-state index contributed by atoms with van der Waals surface area (Å²) in [7, 11) is 0. The van der Waals surface area contributed by atoms with Crippen molar-refractivity contribution in [1.82, 2.24) is 5.32 Å². The fraction of sp³-hybridized carbons (Fsp3) is 0.917. The normalized spacial score (nSPS) is 37.1. The van der Waals surface area contributed by atoms with E-state index in [1.54, 1.807) is 0 Å². The monoisotopic (exact) mass is 257 g/mol. The molecule has 0 spiro atoms. The fourth-order valence-electron chi connectivity index (χ4n) is 2.28. The molecule has 0 aromatic carbocycles. The third kappa shape index (κ3) is 3.34. The average molecular weight is 257 g/mol. The van der Waals surface area contributed by atoms with Gasteiger partial charge in [-0.2, -0.15) is 0 Å². The van der Waals surface area contributed by atoms with Crippen molar-refractivity contribution in [2.45, 2.75) is 44.0 Å². The van der Waals surface area contributed by atoms with Gasteiger partial charge in [0, 0.05) is 26.2 Å². The van der Waals surface area contributed by atoms with Gasteiger partial charge in [-0.25, -0.2) is 0 Å². The molecule has 0 radical (unpaired) electrons. The largest absolute Gasteiger partial charge is 0.385 e. The van der Waals surface area contributed by atoms with Crippen molar-refractivity contribution >= 4 is 5.96 Å². The van der Waals surface area contributed by atoms with E-state index in [0.29, 0.717) is 25.5 Å². The highest BCUT2D eigenvalue weighted by Gasteiger charge is 2.39. The Balaban J connectivity index is 1.74. The van der Waals surface area contributed by atoms with Crippen LogP contribution in [0.1, 0.15) is 26.2 Å². The molecule has 2 fully saturated rings. The molecule has 0 aromatic heterocycles. The van der Waals surface area contributed by atoms with Gasteiger partial charge in [-0.15, -0.1) is 0 Å². The van der Waals surface area contributed by atoms with Gasteiger partial charge < -0.3 is 25.6 Å². The van der Waals surface area contributed by atoms with E-state index in [0.717, 1.165) is 19.4 Å². The fourth-order valence-corrected chi connectivity index (χ4v) is 2.28. The summed E-state index contributed by atoms with van der Waals surface area (Å²) in [6, 6.07) is 0. The molecule has 2 aliphatic heterocycles. The number of hydrogen-bond donors (Lipinski definition) is 3. The molecule has 0 aliphatic carbocycles. The maximum Gasteiger partial charge on any atom is 0.188 e. The smallest absolute Gasteiger partial charge is 0.188 e. The maximum atomic E-state index is 10.2. The summed E-state index contributed by atoms with van der Waals surface area (Å²) in [6.07, 6.45) is 2.83. The Bertz CT molecular complexity index is 305. The Labute approximate surface area is 108 Å². The summed E-state index contributed by atoms with van der Waals surface area (Å²) >= 11 is 0. The zero-order valence-corrected chi connectivity index (χ0v) is 10.9. The molecule has 2 heterocycles. The second kappa shape index (κ2) is 5.86. The second-order valence-electron chi connectivity index (χ2n) is 5.08. The third-order valence-electron chi connectivity index (χ3n) is 3.72. The van der Waals surface area contributed by atoms with Crippen molar-refractivity contribution in [2.24, 2.45) is 10.7 Å². The molecule has 3 unspecified atom stereocenters. The summed E-state index contributed by atoms with van der Waals surface area (Å²) in [5, 5.41) is 13.3. The molecule has 6 nitrogen and oxygen atoms in total. The van der Waals surface area contributed by atoms with Crippen LogP contribution in [0.2, 0.25) is 0 Å². The lowest BCUT2D eigenvalue weighted by Gasteiger charge is -2.23. The van der Waals surface area contributed by atoms with Crippen molar-refractivity contribution < 1.29 is 14.6 Å². The van der Waals surface area contributed by atoms with Crippen LogP contribution in [0.25, 0.3) is 0 Å². The number of guanidine groups is 1. The summed E-state index contributed by atoms with van der Waals surface area (Å²) in [6.45, 7) is 4.23. The number of nitrogens with one attached hydrogen (secondary N) is 1. The van der Waals surface area contributed by atoms with Gasteiger partial charge in [0.1, 0.15) is 5.60 Å². The Kier molecular flexibility index (Phi) is 4.42. The summed E-state index contributed by atoms with van der Waals surface area (Å²) < 4.78 is 10.8. The minimum Gasteiger partial charge on any atom is -0.385 e. The third-order valence-corrected chi connectivity index (χ3v) is 3.72. The van der Waals surface area contributed by atoms with Gasteiger partial charge in [-0.1, -0.05) is 0 Å². The molecular weight excluding hydrogens is 234 g/mol. The van der Waals surface area contributed by atoms with Crippen molar-refractivity contribution in [3.8, 4) is 0 Å². The van der Waals surface area contributed by atoms with Gasteiger partial charge in [-0.05, 0) is 19.8 Å². The van der Waals surface area contributed by atoms with Gasteiger partial charge in [-0.3, -0.25) is 4.99 Å². The average Bonchev–Trinajstić information content (AvgIpc) is 2.96. The highest BCUT2D eigenvalue weighted by molar-refractivity contribution is 5.77. The van der Waals surface area contributed by atoms with Crippen LogP contribution in [0.4, 0.5) is 0 Å². The number of hydrogen-bond acceptors (Lipinski definition) is 4. The van der Waals surface area contributed by atoms with Crippen LogP contribution in [0.5, 0.6) is 0 Å². The Morgan fingerprint density at radius 3 is 2.94 bits per heavy atom. The highest BCUT2D eigenvalue weighted by Crippen LogP contribution is 2.25. The van der Waals surface area contributed by atoms with Gasteiger partial charge in [0.2, 0.25) is 0 Å². The van der Waals surface area contributed by atoms with Crippen LogP contribution >= 0.6 is 0 Å². The van der Waals surface area contributed by atoms with E-state index in [4.69, 9.17) is 15.2 Å². The van der Waals surface area contributed by atoms with Crippen LogP contribution < -0.4 is 11.1 Å². The first kappa shape index (κ1) is 13.6. The summed E-state index contributed by atoms with van der Waals surface area (Å²) in [4.78, 5) is 4.19. The molecule has 0 aromatic rings. The topological polar surface area (TPSA) is 89.1 Å². The Morgan fingerprint density at radius 2 is 2.33 bits per heavy atom. The number of rotatable bonds is 4. The number of nitrogens with zero attached hydrogens (tertiary/aromatic N) is 1. The second-order valence-corrected chi connectivity index (χ2v) is 5.08. The molecule has 6 heteroatoms. The molecule has 0 saturated carbocycles. The molecule has 0 bridgehead atoms.